The van der Waals surface area contributed by atoms with E-state index in [-0.39, 0.29) is 0 Å². The van der Waals surface area contributed by atoms with Gasteiger partial charge in [-0.2, -0.15) is 0 Å². The number of aromatic nitrogens is 4. The molecule has 0 spiro atoms. The van der Waals surface area contributed by atoms with Crippen LogP contribution in [-0.2, 0) is 0 Å². The van der Waals surface area contributed by atoms with E-state index < -0.39 is 0 Å². The molecule has 90 valence electrons. The first kappa shape index (κ1) is 11.6. The lowest BCUT2D eigenvalue weighted by Gasteiger charge is -2.10. The predicted molar refractivity (Wildman–Crippen MR) is 67.4 cm³/mol. The van der Waals surface area contributed by atoms with Crippen molar-refractivity contribution in [3.8, 4) is 5.82 Å². The molecule has 1 N–H and O–H groups in total. The first-order chi connectivity index (χ1) is 8.20. The summed E-state index contributed by atoms with van der Waals surface area (Å²) in [5.41, 5.74) is 0. The van der Waals surface area contributed by atoms with Crippen molar-refractivity contribution in [2.75, 3.05) is 11.9 Å². The molecule has 5 heteroatoms. The van der Waals surface area contributed by atoms with E-state index >= 15 is 0 Å². The molecule has 0 aromatic carbocycles. The summed E-state index contributed by atoms with van der Waals surface area (Å²) in [6, 6.07) is 1.93. The number of nitrogens with zero attached hydrogens (tertiary/aromatic N) is 4. The van der Waals surface area contributed by atoms with Gasteiger partial charge in [0.25, 0.3) is 0 Å². The largest absolute Gasteiger partial charge is 0.370 e. The first-order valence-electron chi connectivity index (χ1n) is 5.82. The molecule has 0 saturated heterocycles. The molecule has 0 fully saturated rings. The molecule has 0 atom stereocenters. The van der Waals surface area contributed by atoms with Gasteiger partial charge in [0.1, 0.15) is 23.8 Å². The lowest BCUT2D eigenvalue weighted by Crippen LogP contribution is -2.08. The minimum atomic E-state index is 0.302. The van der Waals surface area contributed by atoms with E-state index in [1.54, 1.807) is 12.5 Å². The number of nitrogens with one attached hydrogen (secondary N) is 1. The highest BCUT2D eigenvalue weighted by molar-refractivity contribution is 5.41. The Morgan fingerprint density at radius 3 is 2.76 bits per heavy atom. The summed E-state index contributed by atoms with van der Waals surface area (Å²) in [7, 11) is 0. The second-order valence-electron chi connectivity index (χ2n) is 4.12. The molecule has 0 unspecified atom stereocenters. The van der Waals surface area contributed by atoms with Crippen LogP contribution in [-0.4, -0.2) is 26.1 Å². The molecule has 0 bridgehead atoms. The van der Waals surface area contributed by atoms with Crippen molar-refractivity contribution in [1.82, 2.24) is 19.5 Å². The van der Waals surface area contributed by atoms with Gasteiger partial charge in [0.2, 0.25) is 0 Å². The van der Waals surface area contributed by atoms with Crippen molar-refractivity contribution in [3.05, 3.63) is 30.6 Å². The van der Waals surface area contributed by atoms with E-state index in [1.165, 1.54) is 0 Å². The standard InChI is InChI=1S/C12H17N5/c1-4-14-10-7-11(17-6-5-13-8-17)16-12(15-10)9(2)3/h5-9H,4H2,1-3H3,(H,14,15,16). The molecule has 0 aliphatic heterocycles. The summed E-state index contributed by atoms with van der Waals surface area (Å²) < 4.78 is 1.88. The summed E-state index contributed by atoms with van der Waals surface area (Å²) in [5, 5.41) is 3.22. The predicted octanol–water partition coefficient (Wildman–Crippen LogP) is 2.22. The van der Waals surface area contributed by atoms with Crippen molar-refractivity contribution in [2.24, 2.45) is 0 Å². The van der Waals surface area contributed by atoms with E-state index in [9.17, 15) is 0 Å². The number of imidazole rings is 1. The van der Waals surface area contributed by atoms with E-state index in [0.29, 0.717) is 5.92 Å². The van der Waals surface area contributed by atoms with Gasteiger partial charge in [-0.05, 0) is 6.92 Å². The van der Waals surface area contributed by atoms with Crippen molar-refractivity contribution in [1.29, 1.82) is 0 Å². The number of rotatable bonds is 4. The Balaban J connectivity index is 2.44. The molecule has 0 aliphatic rings. The van der Waals surface area contributed by atoms with Crippen molar-refractivity contribution in [3.63, 3.8) is 0 Å². The summed E-state index contributed by atoms with van der Waals surface area (Å²) in [6.07, 6.45) is 5.36. The first-order valence-corrected chi connectivity index (χ1v) is 5.82. The quantitative estimate of drug-likeness (QED) is 0.876. The zero-order chi connectivity index (χ0) is 12.3. The van der Waals surface area contributed by atoms with Gasteiger partial charge in [0.15, 0.2) is 0 Å². The molecule has 2 rings (SSSR count). The monoisotopic (exact) mass is 231 g/mol. The Kier molecular flexibility index (Phi) is 3.37. The lowest BCUT2D eigenvalue weighted by molar-refractivity contribution is 0.763. The van der Waals surface area contributed by atoms with Crippen LogP contribution in [0.15, 0.2) is 24.8 Å². The van der Waals surface area contributed by atoms with Crippen molar-refractivity contribution < 1.29 is 0 Å². The van der Waals surface area contributed by atoms with Crippen LogP contribution < -0.4 is 5.32 Å². The number of hydrogen-bond acceptors (Lipinski definition) is 4. The van der Waals surface area contributed by atoms with E-state index in [2.05, 4.69) is 34.1 Å². The maximum Gasteiger partial charge on any atom is 0.143 e. The zero-order valence-corrected chi connectivity index (χ0v) is 10.4. The highest BCUT2D eigenvalue weighted by Gasteiger charge is 2.08. The number of hydrogen-bond donors (Lipinski definition) is 1. The Morgan fingerprint density at radius 2 is 2.18 bits per heavy atom. The number of anilines is 1. The van der Waals surface area contributed by atoms with Crippen LogP contribution in [0.3, 0.4) is 0 Å². The molecule has 0 aliphatic carbocycles. The van der Waals surface area contributed by atoms with Gasteiger partial charge in [-0.1, -0.05) is 13.8 Å². The summed E-state index contributed by atoms with van der Waals surface area (Å²) >= 11 is 0. The molecule has 2 aromatic rings. The van der Waals surface area contributed by atoms with E-state index in [0.717, 1.165) is 24.0 Å². The molecule has 17 heavy (non-hydrogen) atoms. The van der Waals surface area contributed by atoms with Crippen LogP contribution in [0.4, 0.5) is 5.82 Å². The molecule has 2 heterocycles. The van der Waals surface area contributed by atoms with Crippen LogP contribution in [0.5, 0.6) is 0 Å². The third-order valence-electron chi connectivity index (χ3n) is 2.37. The minimum Gasteiger partial charge on any atom is -0.370 e. The smallest absolute Gasteiger partial charge is 0.143 e. The summed E-state index contributed by atoms with van der Waals surface area (Å²) in [5.74, 6) is 2.84. The second-order valence-corrected chi connectivity index (χ2v) is 4.12. The Bertz CT molecular complexity index is 476. The Hall–Kier alpha value is -1.91. The topological polar surface area (TPSA) is 55.6 Å². The van der Waals surface area contributed by atoms with Crippen LogP contribution >= 0.6 is 0 Å². The van der Waals surface area contributed by atoms with E-state index in [1.807, 2.05) is 23.8 Å². The average Bonchev–Trinajstić information content (AvgIpc) is 2.82. The third-order valence-corrected chi connectivity index (χ3v) is 2.37. The minimum absolute atomic E-state index is 0.302. The maximum absolute atomic E-state index is 4.53. The van der Waals surface area contributed by atoms with Gasteiger partial charge in [-0.3, -0.25) is 4.57 Å². The molecule has 2 aromatic heterocycles. The third kappa shape index (κ3) is 2.61. The van der Waals surface area contributed by atoms with Crippen LogP contribution in [0.2, 0.25) is 0 Å². The fourth-order valence-electron chi connectivity index (χ4n) is 1.51. The van der Waals surface area contributed by atoms with Crippen LogP contribution in [0.1, 0.15) is 32.5 Å². The fraction of sp³-hybridized carbons (Fsp3) is 0.417. The molecule has 5 nitrogen and oxygen atoms in total. The Morgan fingerprint density at radius 1 is 1.35 bits per heavy atom. The summed E-state index contributed by atoms with van der Waals surface area (Å²) in [4.78, 5) is 13.0. The van der Waals surface area contributed by atoms with Crippen LogP contribution in [0, 0.1) is 0 Å². The highest BCUT2D eigenvalue weighted by atomic mass is 15.1. The molecular formula is C12H17N5. The van der Waals surface area contributed by atoms with Crippen molar-refractivity contribution in [2.45, 2.75) is 26.7 Å². The maximum atomic E-state index is 4.53. The van der Waals surface area contributed by atoms with Gasteiger partial charge in [0.05, 0.1) is 0 Å². The lowest BCUT2D eigenvalue weighted by atomic mass is 10.2. The molecular weight excluding hydrogens is 214 g/mol. The van der Waals surface area contributed by atoms with E-state index in [4.69, 9.17) is 0 Å². The average molecular weight is 231 g/mol. The van der Waals surface area contributed by atoms with Crippen LogP contribution in [0.25, 0.3) is 5.82 Å². The summed E-state index contributed by atoms with van der Waals surface area (Å²) in [6.45, 7) is 7.07. The zero-order valence-electron chi connectivity index (χ0n) is 10.4. The molecule has 0 radical (unpaired) electrons. The molecule has 0 amide bonds. The second kappa shape index (κ2) is 4.95. The van der Waals surface area contributed by atoms with Gasteiger partial charge >= 0.3 is 0 Å². The van der Waals surface area contributed by atoms with Gasteiger partial charge in [-0.15, -0.1) is 0 Å². The molecule has 0 saturated carbocycles. The van der Waals surface area contributed by atoms with Gasteiger partial charge < -0.3 is 5.32 Å². The SMILES string of the molecule is CCNc1cc(-n2ccnc2)nc(C(C)C)n1. The van der Waals surface area contributed by atoms with Gasteiger partial charge in [0, 0.05) is 30.9 Å². The Labute approximate surface area is 101 Å². The highest BCUT2D eigenvalue weighted by Crippen LogP contribution is 2.16. The fourth-order valence-corrected chi connectivity index (χ4v) is 1.51. The van der Waals surface area contributed by atoms with Gasteiger partial charge in [-0.25, -0.2) is 15.0 Å². The van der Waals surface area contributed by atoms with Crippen molar-refractivity contribution >= 4 is 5.82 Å². The normalized spacial score (nSPS) is 10.8.